The summed E-state index contributed by atoms with van der Waals surface area (Å²) in [6.07, 6.45) is 0.428. The third kappa shape index (κ3) is 1.96. The molecule has 146 valence electrons. The summed E-state index contributed by atoms with van der Waals surface area (Å²) in [5, 5.41) is 11.3. The van der Waals surface area contributed by atoms with E-state index in [1.165, 1.54) is 0 Å². The normalized spacial score (nSPS) is 46.3. The molecule has 3 saturated heterocycles. The second-order valence-electron chi connectivity index (χ2n) is 8.17. The van der Waals surface area contributed by atoms with Crippen LogP contribution in [0.25, 0.3) is 0 Å². The largest absolute Gasteiger partial charge is 0.461 e. The van der Waals surface area contributed by atoms with Crippen LogP contribution in [-0.2, 0) is 28.5 Å². The fourth-order valence-corrected chi connectivity index (χ4v) is 6.32. The highest BCUT2D eigenvalue weighted by atomic mass is 32.2. The first-order valence-electron chi connectivity index (χ1n) is 8.76. The Kier molecular flexibility index (Phi) is 3.19. The van der Waals surface area contributed by atoms with E-state index in [1.807, 2.05) is 0 Å². The van der Waals surface area contributed by atoms with Gasteiger partial charge in [-0.05, 0) is 25.5 Å². The lowest BCUT2D eigenvalue weighted by Crippen LogP contribution is -2.79. The topological polar surface area (TPSA) is 108 Å². The van der Waals surface area contributed by atoms with Gasteiger partial charge in [0.15, 0.2) is 12.1 Å². The number of hydrogen-bond acceptors (Lipinski definition) is 8. The monoisotopic (exact) mass is 396 g/mol. The maximum atomic E-state index is 12.4. The van der Waals surface area contributed by atoms with E-state index in [-0.39, 0.29) is 19.4 Å². The van der Waals surface area contributed by atoms with Crippen LogP contribution in [0, 0.1) is 11.3 Å². The Morgan fingerprint density at radius 3 is 2.67 bits per heavy atom. The Morgan fingerprint density at radius 1 is 1.30 bits per heavy atom. The highest BCUT2D eigenvalue weighted by Gasteiger charge is 2.94. The Balaban J connectivity index is 1.47. The number of ether oxygens (including phenoxy) is 3. The smallest absolute Gasteiger partial charge is 0.338 e. The maximum Gasteiger partial charge on any atom is 0.338 e. The van der Waals surface area contributed by atoms with Gasteiger partial charge in [-0.1, -0.05) is 18.2 Å². The summed E-state index contributed by atoms with van der Waals surface area (Å²) in [5.41, 5.74) is -2.96. The van der Waals surface area contributed by atoms with Crippen LogP contribution in [0.1, 0.15) is 30.1 Å². The summed E-state index contributed by atoms with van der Waals surface area (Å²) in [6.45, 7) is 1.58. The predicted octanol–water partition coefficient (Wildman–Crippen LogP) is 0.802. The zero-order chi connectivity index (χ0) is 19.3. The van der Waals surface area contributed by atoms with Gasteiger partial charge in [-0.15, -0.1) is 0 Å². The van der Waals surface area contributed by atoms with Crippen molar-refractivity contribution in [2.45, 2.75) is 43.0 Å². The Morgan fingerprint density at radius 2 is 2.00 bits per heavy atom. The zero-order valence-corrected chi connectivity index (χ0v) is 15.7. The molecular weight excluding hydrogens is 376 g/mol. The first kappa shape index (κ1) is 17.6. The molecule has 6 atom stereocenters. The third-order valence-electron chi connectivity index (χ3n) is 6.72. The molecule has 0 aromatic heterocycles. The van der Waals surface area contributed by atoms with Gasteiger partial charge in [0.25, 0.3) is 10.1 Å². The van der Waals surface area contributed by atoms with Gasteiger partial charge in [-0.25, -0.2) is 8.98 Å². The number of carbonyl (C=O) groups excluding carboxylic acids is 1. The lowest BCUT2D eigenvalue weighted by atomic mass is 9.41. The summed E-state index contributed by atoms with van der Waals surface area (Å²) in [6, 6.07) is 8.52. The van der Waals surface area contributed by atoms with E-state index < -0.39 is 50.7 Å². The Hall–Kier alpha value is -1.52. The molecule has 6 fully saturated rings. The maximum absolute atomic E-state index is 12.4. The molecule has 7 rings (SSSR count). The molecule has 3 saturated carbocycles. The van der Waals surface area contributed by atoms with Crippen LogP contribution in [0.15, 0.2) is 30.3 Å². The van der Waals surface area contributed by atoms with E-state index >= 15 is 0 Å². The highest BCUT2D eigenvalue weighted by Crippen LogP contribution is 2.81. The van der Waals surface area contributed by atoms with Crippen molar-refractivity contribution in [1.82, 2.24) is 0 Å². The van der Waals surface area contributed by atoms with Crippen molar-refractivity contribution < 1.29 is 36.7 Å². The summed E-state index contributed by atoms with van der Waals surface area (Å²) in [4.78, 5) is 12.4. The van der Waals surface area contributed by atoms with Crippen LogP contribution in [0.4, 0.5) is 0 Å². The van der Waals surface area contributed by atoms with E-state index in [4.69, 9.17) is 18.4 Å². The molecule has 0 spiro atoms. The highest BCUT2D eigenvalue weighted by molar-refractivity contribution is 7.86. The van der Waals surface area contributed by atoms with E-state index in [9.17, 15) is 18.3 Å². The van der Waals surface area contributed by atoms with Crippen LogP contribution >= 0.6 is 0 Å². The predicted molar refractivity (Wildman–Crippen MR) is 89.9 cm³/mol. The van der Waals surface area contributed by atoms with Crippen LogP contribution in [0.5, 0.6) is 0 Å². The minimum atomic E-state index is -3.80. The van der Waals surface area contributed by atoms with Crippen LogP contribution < -0.4 is 0 Å². The molecule has 1 aromatic carbocycles. The average Bonchev–Trinajstić information content (AvgIpc) is 2.77. The zero-order valence-electron chi connectivity index (χ0n) is 14.9. The molecule has 1 N–H and O–H groups in total. The number of esters is 1. The van der Waals surface area contributed by atoms with Gasteiger partial charge in [0.2, 0.25) is 0 Å². The molecule has 3 heterocycles. The second-order valence-corrected chi connectivity index (χ2v) is 9.75. The minimum Gasteiger partial charge on any atom is -0.461 e. The lowest BCUT2D eigenvalue weighted by molar-refractivity contribution is -0.374. The second kappa shape index (κ2) is 4.90. The van der Waals surface area contributed by atoms with Crippen molar-refractivity contribution in [2.24, 2.45) is 11.3 Å². The van der Waals surface area contributed by atoms with Gasteiger partial charge >= 0.3 is 5.97 Å². The SMILES string of the molecule is CC12CC3(OS(C)(=O)=O)OC(O1)C1(COC(=O)c4ccccc4)C3CC21O. The van der Waals surface area contributed by atoms with Crippen molar-refractivity contribution in [3.8, 4) is 0 Å². The van der Waals surface area contributed by atoms with Crippen molar-refractivity contribution in [3.05, 3.63) is 35.9 Å². The van der Waals surface area contributed by atoms with Crippen LogP contribution in [0.3, 0.4) is 0 Å². The quantitative estimate of drug-likeness (QED) is 0.575. The standard InChI is InChI=1S/C18H20O8S/c1-15-9-17(26-27(2,21)22)12-8-18(15,20)16(12,14(24-15)25-17)10-23-13(19)11-6-4-3-5-7-11/h3-7,12,14,20H,8-10H2,1-2H3. The number of hydrogen-bond donors (Lipinski definition) is 1. The van der Waals surface area contributed by atoms with Gasteiger partial charge in [-0.3, -0.25) is 0 Å². The van der Waals surface area contributed by atoms with E-state index in [0.717, 1.165) is 6.26 Å². The molecule has 1 aromatic rings. The molecule has 0 radical (unpaired) electrons. The van der Waals surface area contributed by atoms with E-state index in [2.05, 4.69) is 0 Å². The first-order valence-corrected chi connectivity index (χ1v) is 10.6. The average molecular weight is 396 g/mol. The molecule has 9 heteroatoms. The number of rotatable bonds is 5. The molecule has 6 unspecified atom stereocenters. The Bertz CT molecular complexity index is 932. The third-order valence-corrected chi connectivity index (χ3v) is 7.30. The Labute approximate surface area is 156 Å². The molecule has 6 bridgehead atoms. The first-order chi connectivity index (χ1) is 12.6. The van der Waals surface area contributed by atoms with Gasteiger partial charge < -0.3 is 19.3 Å². The molecular formula is C18H20O8S. The molecule has 6 aliphatic rings. The van der Waals surface area contributed by atoms with Crippen LogP contribution in [-0.4, -0.2) is 55.6 Å². The van der Waals surface area contributed by atoms with Gasteiger partial charge in [0, 0.05) is 12.3 Å². The number of carbonyl (C=O) groups is 1. The van der Waals surface area contributed by atoms with Crippen molar-refractivity contribution >= 4 is 16.1 Å². The summed E-state index contributed by atoms with van der Waals surface area (Å²) in [5.74, 6) is -2.37. The van der Waals surface area contributed by atoms with Gasteiger partial charge in [-0.2, -0.15) is 8.42 Å². The van der Waals surface area contributed by atoms with Crippen molar-refractivity contribution in [1.29, 1.82) is 0 Å². The van der Waals surface area contributed by atoms with Gasteiger partial charge in [0.05, 0.1) is 17.2 Å². The summed E-state index contributed by atoms with van der Waals surface area (Å²) < 4.78 is 46.3. The molecule has 27 heavy (non-hydrogen) atoms. The lowest BCUT2D eigenvalue weighted by Gasteiger charge is -2.65. The van der Waals surface area contributed by atoms with Crippen molar-refractivity contribution in [3.63, 3.8) is 0 Å². The number of benzene rings is 1. The van der Waals surface area contributed by atoms with E-state index in [0.29, 0.717) is 5.56 Å². The van der Waals surface area contributed by atoms with E-state index in [1.54, 1.807) is 37.3 Å². The van der Waals surface area contributed by atoms with Gasteiger partial charge in [0.1, 0.15) is 17.8 Å². The number of aliphatic hydroxyl groups is 1. The minimum absolute atomic E-state index is 0.0963. The molecule has 3 aliphatic heterocycles. The molecule has 0 amide bonds. The summed E-state index contributed by atoms with van der Waals surface area (Å²) in [7, 11) is -3.80. The molecule has 3 aliphatic carbocycles. The fourth-order valence-electron chi connectivity index (χ4n) is 5.59. The van der Waals surface area contributed by atoms with Crippen LogP contribution in [0.2, 0.25) is 0 Å². The molecule has 8 nitrogen and oxygen atoms in total. The summed E-state index contributed by atoms with van der Waals surface area (Å²) >= 11 is 0. The van der Waals surface area contributed by atoms with Crippen molar-refractivity contribution in [2.75, 3.05) is 12.9 Å². The fraction of sp³-hybridized carbons (Fsp3) is 0.611.